The topological polar surface area (TPSA) is 60.9 Å². The Hall–Kier alpha value is -3.51. The molecule has 31 heavy (non-hydrogen) atoms. The minimum Gasteiger partial charge on any atom is -0.394 e. The molecule has 2 heterocycles. The van der Waals surface area contributed by atoms with Gasteiger partial charge in [-0.05, 0) is 35.9 Å². The van der Waals surface area contributed by atoms with Crippen LogP contribution in [-0.4, -0.2) is 47.1 Å². The molecule has 5 nitrogen and oxygen atoms in total. The van der Waals surface area contributed by atoms with Crippen molar-refractivity contribution in [1.29, 1.82) is 0 Å². The van der Waals surface area contributed by atoms with Gasteiger partial charge in [-0.3, -0.25) is 9.59 Å². The molecule has 0 saturated carbocycles. The second-order valence-electron chi connectivity index (χ2n) is 7.88. The number of anilines is 1. The van der Waals surface area contributed by atoms with Crippen molar-refractivity contribution in [2.45, 2.75) is 18.0 Å². The second kappa shape index (κ2) is 7.63. The van der Waals surface area contributed by atoms with Crippen LogP contribution >= 0.6 is 0 Å². The standard InChI is InChI=1S/C25H21FN2O3/c26-19-12-6-4-10-17(19)25(31)27-14-21-23(18-11-5-7-13-20(18)27)22(15-29)28(21)24(30)16-8-2-1-3-9-16/h1-13,21-23,29H,14-15H2/t21-,22-,23+/m0/s1. The van der Waals surface area contributed by atoms with Crippen molar-refractivity contribution in [1.82, 2.24) is 4.90 Å². The number of hydrogen-bond donors (Lipinski definition) is 1. The Kier molecular flexibility index (Phi) is 4.79. The highest BCUT2D eigenvalue weighted by molar-refractivity contribution is 6.07. The number of aliphatic hydroxyl groups is 1. The Morgan fingerprint density at radius 2 is 1.58 bits per heavy atom. The maximum Gasteiger partial charge on any atom is 0.261 e. The zero-order valence-electron chi connectivity index (χ0n) is 16.7. The third kappa shape index (κ3) is 3.02. The van der Waals surface area contributed by atoms with Crippen molar-refractivity contribution < 1.29 is 19.1 Å². The summed E-state index contributed by atoms with van der Waals surface area (Å²) in [6.07, 6.45) is 0. The van der Waals surface area contributed by atoms with Gasteiger partial charge in [0.25, 0.3) is 11.8 Å². The Morgan fingerprint density at radius 1 is 0.903 bits per heavy atom. The lowest BCUT2D eigenvalue weighted by Crippen LogP contribution is -2.70. The zero-order chi connectivity index (χ0) is 21.5. The second-order valence-corrected chi connectivity index (χ2v) is 7.88. The Bertz CT molecular complexity index is 1150. The van der Waals surface area contributed by atoms with Gasteiger partial charge in [-0.15, -0.1) is 0 Å². The van der Waals surface area contributed by atoms with E-state index in [0.717, 1.165) is 5.56 Å². The number of carbonyl (C=O) groups is 2. The number of halogens is 1. The molecule has 0 aliphatic carbocycles. The first kappa shape index (κ1) is 19.5. The highest BCUT2D eigenvalue weighted by atomic mass is 19.1. The third-order valence-corrected chi connectivity index (χ3v) is 6.29. The van der Waals surface area contributed by atoms with Crippen LogP contribution in [0, 0.1) is 5.82 Å². The van der Waals surface area contributed by atoms with E-state index < -0.39 is 11.7 Å². The van der Waals surface area contributed by atoms with Gasteiger partial charge in [-0.1, -0.05) is 48.5 Å². The number of nitrogens with zero attached hydrogens (tertiary/aromatic N) is 2. The summed E-state index contributed by atoms with van der Waals surface area (Å²) in [7, 11) is 0. The first-order valence-electron chi connectivity index (χ1n) is 10.3. The summed E-state index contributed by atoms with van der Waals surface area (Å²) in [5.74, 6) is -1.29. The SMILES string of the molecule is O=C(c1ccccc1F)N1C[C@H]2[C@@H](c3ccccc31)[C@H](CO)N2C(=O)c1ccccc1. The summed E-state index contributed by atoms with van der Waals surface area (Å²) in [6.45, 7) is 0.0687. The van der Waals surface area contributed by atoms with Gasteiger partial charge in [0.15, 0.2) is 0 Å². The van der Waals surface area contributed by atoms with Crippen molar-refractivity contribution in [2.75, 3.05) is 18.1 Å². The van der Waals surface area contributed by atoms with Crippen LogP contribution in [0.2, 0.25) is 0 Å². The zero-order valence-corrected chi connectivity index (χ0v) is 16.7. The number of fused-ring (bicyclic) bond motifs is 3. The number of aliphatic hydroxyl groups excluding tert-OH is 1. The molecule has 2 amide bonds. The van der Waals surface area contributed by atoms with Crippen LogP contribution in [0.25, 0.3) is 0 Å². The summed E-state index contributed by atoms with van der Waals surface area (Å²) in [4.78, 5) is 29.7. The normalized spacial score (nSPS) is 21.7. The van der Waals surface area contributed by atoms with Gasteiger partial charge in [0.2, 0.25) is 0 Å². The van der Waals surface area contributed by atoms with Gasteiger partial charge in [0.1, 0.15) is 5.82 Å². The first-order chi connectivity index (χ1) is 15.1. The minimum absolute atomic E-state index is 0.00489. The van der Waals surface area contributed by atoms with E-state index in [0.29, 0.717) is 11.3 Å². The maximum atomic E-state index is 14.4. The highest BCUT2D eigenvalue weighted by Gasteiger charge is 2.55. The molecule has 3 aromatic rings. The van der Waals surface area contributed by atoms with E-state index in [9.17, 15) is 19.1 Å². The highest BCUT2D eigenvalue weighted by Crippen LogP contribution is 2.48. The molecule has 0 unspecified atom stereocenters. The van der Waals surface area contributed by atoms with Crippen LogP contribution in [0.1, 0.15) is 32.2 Å². The lowest BCUT2D eigenvalue weighted by molar-refractivity contribution is -0.0246. The van der Waals surface area contributed by atoms with Gasteiger partial charge in [0, 0.05) is 23.7 Å². The van der Waals surface area contributed by atoms with E-state index in [4.69, 9.17) is 0 Å². The van der Waals surface area contributed by atoms with E-state index in [1.54, 1.807) is 46.2 Å². The first-order valence-corrected chi connectivity index (χ1v) is 10.3. The molecule has 0 spiro atoms. The van der Waals surface area contributed by atoms with Crippen LogP contribution in [0.4, 0.5) is 10.1 Å². The van der Waals surface area contributed by atoms with Crippen LogP contribution in [0.15, 0.2) is 78.9 Å². The summed E-state index contributed by atoms with van der Waals surface area (Å²) >= 11 is 0. The van der Waals surface area contributed by atoms with Crippen molar-refractivity contribution in [2.24, 2.45) is 0 Å². The fraction of sp³-hybridized carbons (Fsp3) is 0.200. The van der Waals surface area contributed by atoms with Crippen LogP contribution in [0.3, 0.4) is 0 Å². The van der Waals surface area contributed by atoms with Gasteiger partial charge in [-0.25, -0.2) is 4.39 Å². The smallest absolute Gasteiger partial charge is 0.261 e. The van der Waals surface area contributed by atoms with Gasteiger partial charge in [-0.2, -0.15) is 0 Å². The summed E-state index contributed by atoms with van der Waals surface area (Å²) in [5, 5.41) is 10.1. The Labute approximate surface area is 179 Å². The van der Waals surface area contributed by atoms with Crippen LogP contribution in [-0.2, 0) is 0 Å². The molecule has 2 aliphatic heterocycles. The Morgan fingerprint density at radius 3 is 2.32 bits per heavy atom. The van der Waals surface area contributed by atoms with Crippen molar-refractivity contribution in [3.8, 4) is 0 Å². The molecule has 0 radical (unpaired) electrons. The molecular formula is C25H21FN2O3. The minimum atomic E-state index is -0.578. The molecule has 1 saturated heterocycles. The van der Waals surface area contributed by atoms with Gasteiger partial charge < -0.3 is 14.9 Å². The number of benzene rings is 3. The maximum absolute atomic E-state index is 14.4. The van der Waals surface area contributed by atoms with E-state index in [1.165, 1.54) is 12.1 Å². The number of rotatable bonds is 3. The van der Waals surface area contributed by atoms with E-state index >= 15 is 0 Å². The molecule has 0 aromatic heterocycles. The monoisotopic (exact) mass is 416 g/mol. The van der Waals surface area contributed by atoms with Gasteiger partial charge >= 0.3 is 0 Å². The number of para-hydroxylation sites is 1. The molecule has 1 N–H and O–H groups in total. The summed E-state index contributed by atoms with van der Waals surface area (Å²) < 4.78 is 14.4. The number of hydrogen-bond acceptors (Lipinski definition) is 3. The van der Waals surface area contributed by atoms with Crippen LogP contribution in [0.5, 0.6) is 0 Å². The van der Waals surface area contributed by atoms with E-state index in [1.807, 2.05) is 30.3 Å². The fourth-order valence-electron chi connectivity index (χ4n) is 4.87. The third-order valence-electron chi connectivity index (χ3n) is 6.29. The number of likely N-dealkylation sites (tertiary alicyclic amines) is 1. The van der Waals surface area contributed by atoms with Crippen molar-refractivity contribution in [3.63, 3.8) is 0 Å². The van der Waals surface area contributed by atoms with Gasteiger partial charge in [0.05, 0.1) is 24.3 Å². The molecule has 156 valence electrons. The average molecular weight is 416 g/mol. The molecule has 3 aromatic carbocycles. The van der Waals surface area contributed by atoms with Crippen molar-refractivity contribution in [3.05, 3.63) is 101 Å². The average Bonchev–Trinajstić information content (AvgIpc) is 2.80. The predicted molar refractivity (Wildman–Crippen MR) is 115 cm³/mol. The fourth-order valence-corrected chi connectivity index (χ4v) is 4.87. The predicted octanol–water partition coefficient (Wildman–Crippen LogP) is 3.46. The van der Waals surface area contributed by atoms with E-state index in [2.05, 4.69) is 0 Å². The molecule has 0 bridgehead atoms. The number of amides is 2. The number of carbonyl (C=O) groups excluding carboxylic acids is 2. The van der Waals surface area contributed by atoms with E-state index in [-0.39, 0.29) is 42.6 Å². The quantitative estimate of drug-likeness (QED) is 0.712. The molecule has 1 fully saturated rings. The van der Waals surface area contributed by atoms with Crippen molar-refractivity contribution >= 4 is 17.5 Å². The largest absolute Gasteiger partial charge is 0.394 e. The summed E-state index contributed by atoms with van der Waals surface area (Å²) in [6, 6.07) is 21.6. The molecular weight excluding hydrogens is 395 g/mol. The lowest BCUT2D eigenvalue weighted by atomic mass is 9.71. The lowest BCUT2D eigenvalue weighted by Gasteiger charge is -2.58. The molecule has 6 heteroatoms. The Balaban J connectivity index is 1.55. The molecule has 2 aliphatic rings. The molecule has 3 atom stereocenters. The summed E-state index contributed by atoms with van der Waals surface area (Å²) in [5.41, 5.74) is 2.11. The molecule has 5 rings (SSSR count). The van der Waals surface area contributed by atoms with Crippen LogP contribution < -0.4 is 4.90 Å².